The minimum absolute atomic E-state index is 0.0891. The van der Waals surface area contributed by atoms with Crippen molar-refractivity contribution in [1.82, 2.24) is 0 Å². The van der Waals surface area contributed by atoms with Crippen molar-refractivity contribution >= 4 is 7.18 Å². The number of rotatable bonds is 5. The predicted octanol–water partition coefficient (Wildman–Crippen LogP) is 1.12. The van der Waals surface area contributed by atoms with Gasteiger partial charge in [0, 0.05) is 13.2 Å². The molecule has 0 radical (unpaired) electrons. The molecule has 0 atom stereocenters. The zero-order valence-electron chi connectivity index (χ0n) is 5.40. The van der Waals surface area contributed by atoms with Crippen LogP contribution in [0.1, 0.15) is 12.8 Å². The molecule has 6 heteroatoms. The first kappa shape index (κ1) is 9.77. The number of hydrogen-bond acceptors (Lipinski definition) is 2. The third-order valence-electron chi connectivity index (χ3n) is 0.859. The number of halogens is 3. The quantitative estimate of drug-likeness (QED) is 0.478. The molecule has 10 heavy (non-hydrogen) atoms. The molecule has 0 unspecified atom stereocenters. The smallest absolute Gasteiger partial charge is 0.508 e. The summed E-state index contributed by atoms with van der Waals surface area (Å²) in [5.74, 6) is 0. The van der Waals surface area contributed by atoms with Crippen molar-refractivity contribution in [3.8, 4) is 0 Å². The average Bonchev–Trinajstić information content (AvgIpc) is 1.78. The SMILES string of the molecule is OCCCCO[B-](F)(F)F. The van der Waals surface area contributed by atoms with Gasteiger partial charge in [0.05, 0.1) is 0 Å². The summed E-state index contributed by atoms with van der Waals surface area (Å²) in [5.41, 5.74) is 0. The first-order valence-corrected chi connectivity index (χ1v) is 3.00. The molecule has 0 spiro atoms. The number of unbranched alkanes of at least 4 members (excludes halogenated alkanes) is 1. The third kappa shape index (κ3) is 7.77. The molecular weight excluding hydrogens is 148 g/mol. The molecule has 0 aliphatic rings. The zero-order chi connectivity index (χ0) is 8.04. The van der Waals surface area contributed by atoms with Gasteiger partial charge >= 0.3 is 7.18 Å². The summed E-state index contributed by atoms with van der Waals surface area (Å²) in [6, 6.07) is 0. The van der Waals surface area contributed by atoms with Crippen molar-refractivity contribution in [2.75, 3.05) is 13.2 Å². The Labute approximate surface area is 57.1 Å². The predicted molar refractivity (Wildman–Crippen MR) is 31.3 cm³/mol. The van der Waals surface area contributed by atoms with Gasteiger partial charge in [-0.1, -0.05) is 0 Å². The first-order valence-electron chi connectivity index (χ1n) is 3.00. The van der Waals surface area contributed by atoms with Crippen LogP contribution in [0.3, 0.4) is 0 Å². The fourth-order valence-electron chi connectivity index (χ4n) is 0.431. The Kier molecular flexibility index (Phi) is 4.47. The summed E-state index contributed by atoms with van der Waals surface area (Å²) >= 11 is 0. The molecule has 1 N–H and O–H groups in total. The lowest BCUT2D eigenvalue weighted by molar-refractivity contribution is 0.165. The van der Waals surface area contributed by atoms with Gasteiger partial charge in [-0.25, -0.2) is 0 Å². The molecule has 0 aliphatic carbocycles. The van der Waals surface area contributed by atoms with E-state index in [1.807, 2.05) is 0 Å². The van der Waals surface area contributed by atoms with E-state index in [1.165, 1.54) is 0 Å². The Hall–Kier alpha value is -0.225. The molecule has 0 aliphatic heterocycles. The van der Waals surface area contributed by atoms with E-state index in [9.17, 15) is 12.9 Å². The van der Waals surface area contributed by atoms with E-state index in [0.29, 0.717) is 6.42 Å². The normalized spacial score (nSPS) is 12.0. The van der Waals surface area contributed by atoms with E-state index >= 15 is 0 Å². The maximum absolute atomic E-state index is 11.3. The highest BCUT2D eigenvalue weighted by Crippen LogP contribution is 2.09. The summed E-state index contributed by atoms with van der Waals surface area (Å²) in [5, 5.41) is 8.16. The van der Waals surface area contributed by atoms with E-state index in [4.69, 9.17) is 5.11 Å². The van der Waals surface area contributed by atoms with Gasteiger partial charge in [0.1, 0.15) is 0 Å². The Morgan fingerprint density at radius 3 is 2.20 bits per heavy atom. The maximum Gasteiger partial charge on any atom is 0.637 e. The van der Waals surface area contributed by atoms with Crippen molar-refractivity contribution in [2.45, 2.75) is 12.8 Å². The molecule has 0 fully saturated rings. The third-order valence-corrected chi connectivity index (χ3v) is 0.859. The van der Waals surface area contributed by atoms with Gasteiger partial charge < -0.3 is 22.7 Å². The first-order chi connectivity index (χ1) is 4.56. The van der Waals surface area contributed by atoms with E-state index in [-0.39, 0.29) is 19.6 Å². The molecule has 0 saturated carbocycles. The topological polar surface area (TPSA) is 29.5 Å². The molecule has 0 aromatic carbocycles. The molecular formula is C4H9BF3O2-. The van der Waals surface area contributed by atoms with Gasteiger partial charge in [0.25, 0.3) is 0 Å². The Bertz CT molecular complexity index is 85.1. The van der Waals surface area contributed by atoms with E-state index in [2.05, 4.69) is 4.65 Å². The molecule has 0 aromatic rings. The molecule has 0 aromatic heterocycles. The van der Waals surface area contributed by atoms with Crippen LogP contribution in [0.25, 0.3) is 0 Å². The van der Waals surface area contributed by atoms with E-state index < -0.39 is 7.18 Å². The highest BCUT2D eigenvalue weighted by Gasteiger charge is 2.24. The van der Waals surface area contributed by atoms with Crippen LogP contribution in [0.5, 0.6) is 0 Å². The Morgan fingerprint density at radius 1 is 1.20 bits per heavy atom. The largest absolute Gasteiger partial charge is 0.637 e. The Balaban J connectivity index is 3.04. The van der Waals surface area contributed by atoms with Crippen LogP contribution in [0.2, 0.25) is 0 Å². The molecule has 0 saturated heterocycles. The second-order valence-corrected chi connectivity index (χ2v) is 1.82. The zero-order valence-corrected chi connectivity index (χ0v) is 5.40. The number of aliphatic hydroxyl groups excluding tert-OH is 1. The van der Waals surface area contributed by atoms with E-state index in [1.54, 1.807) is 0 Å². The second-order valence-electron chi connectivity index (χ2n) is 1.82. The van der Waals surface area contributed by atoms with Gasteiger partial charge in [-0.15, -0.1) is 0 Å². The minimum atomic E-state index is -5.10. The van der Waals surface area contributed by atoms with Crippen LogP contribution in [0.4, 0.5) is 12.9 Å². The summed E-state index contributed by atoms with van der Waals surface area (Å²) in [7, 11) is -5.10. The Morgan fingerprint density at radius 2 is 1.80 bits per heavy atom. The molecule has 0 heterocycles. The van der Waals surface area contributed by atoms with Crippen molar-refractivity contribution in [2.24, 2.45) is 0 Å². The van der Waals surface area contributed by atoms with Crippen molar-refractivity contribution < 1.29 is 22.7 Å². The molecule has 2 nitrogen and oxygen atoms in total. The van der Waals surface area contributed by atoms with Gasteiger partial charge in [0.15, 0.2) is 0 Å². The van der Waals surface area contributed by atoms with E-state index in [0.717, 1.165) is 0 Å². The van der Waals surface area contributed by atoms with Crippen LogP contribution < -0.4 is 0 Å². The molecule has 0 rings (SSSR count). The van der Waals surface area contributed by atoms with Crippen LogP contribution in [0.15, 0.2) is 0 Å². The van der Waals surface area contributed by atoms with Crippen LogP contribution in [-0.4, -0.2) is 25.5 Å². The summed E-state index contributed by atoms with van der Waals surface area (Å²) in [4.78, 5) is 0. The van der Waals surface area contributed by atoms with Crippen LogP contribution in [-0.2, 0) is 4.65 Å². The molecule has 0 bridgehead atoms. The summed E-state index contributed by atoms with van der Waals surface area (Å²) in [6.45, 7) is -0.432. The van der Waals surface area contributed by atoms with Crippen molar-refractivity contribution in [1.29, 1.82) is 0 Å². The minimum Gasteiger partial charge on any atom is -0.508 e. The lowest BCUT2D eigenvalue weighted by Crippen LogP contribution is -2.21. The summed E-state index contributed by atoms with van der Waals surface area (Å²) < 4.78 is 37.3. The number of aliphatic hydroxyl groups is 1. The fourth-order valence-corrected chi connectivity index (χ4v) is 0.431. The van der Waals surface area contributed by atoms with Gasteiger partial charge in [0.2, 0.25) is 0 Å². The molecule has 0 amide bonds. The van der Waals surface area contributed by atoms with Gasteiger partial charge in [-0.05, 0) is 12.8 Å². The second kappa shape index (κ2) is 4.57. The standard InChI is InChI=1S/C4H9BF3O2/c6-5(7,8)10-4-2-1-3-9/h9H,1-4H2/q-1. The average molecular weight is 157 g/mol. The van der Waals surface area contributed by atoms with Crippen LogP contribution >= 0.6 is 0 Å². The van der Waals surface area contributed by atoms with Gasteiger partial charge in [-0.2, -0.15) is 0 Å². The number of hydrogen-bond donors (Lipinski definition) is 1. The lowest BCUT2D eigenvalue weighted by atomic mass is 10.2. The van der Waals surface area contributed by atoms with Gasteiger partial charge in [-0.3, -0.25) is 0 Å². The van der Waals surface area contributed by atoms with Crippen LogP contribution in [0, 0.1) is 0 Å². The monoisotopic (exact) mass is 157 g/mol. The van der Waals surface area contributed by atoms with Crippen molar-refractivity contribution in [3.63, 3.8) is 0 Å². The fraction of sp³-hybridized carbons (Fsp3) is 1.00. The molecule has 62 valence electrons. The summed E-state index contributed by atoms with van der Waals surface area (Å²) in [6.07, 6.45) is 0.601. The lowest BCUT2D eigenvalue weighted by Gasteiger charge is -2.15. The highest BCUT2D eigenvalue weighted by molar-refractivity contribution is 6.51. The van der Waals surface area contributed by atoms with Crippen molar-refractivity contribution in [3.05, 3.63) is 0 Å². The highest BCUT2D eigenvalue weighted by atomic mass is 19.4. The maximum atomic E-state index is 11.3.